The molecule has 4 aromatic rings. The van der Waals surface area contributed by atoms with Crippen LogP contribution in [0.5, 0.6) is 5.75 Å². The van der Waals surface area contributed by atoms with Gasteiger partial charge in [0.05, 0.1) is 12.7 Å². The maximum Gasteiger partial charge on any atom is 0.337 e. The van der Waals surface area contributed by atoms with E-state index in [1.54, 1.807) is 43.5 Å². The van der Waals surface area contributed by atoms with E-state index >= 15 is 0 Å². The number of halogens is 1. The molecule has 0 fully saturated rings. The largest absolute Gasteiger partial charge is 0.497 e. The number of ether oxygens (including phenoxy) is 1. The van der Waals surface area contributed by atoms with Gasteiger partial charge >= 0.3 is 5.63 Å². The van der Waals surface area contributed by atoms with Gasteiger partial charge in [0.2, 0.25) is 5.89 Å². The van der Waals surface area contributed by atoms with Crippen molar-refractivity contribution in [3.05, 3.63) is 57.9 Å². The average molecular weight is 328 g/mol. The van der Waals surface area contributed by atoms with Gasteiger partial charge < -0.3 is 13.6 Å². The topological polar surface area (TPSA) is 65.5 Å². The van der Waals surface area contributed by atoms with Gasteiger partial charge in [-0.1, -0.05) is 11.6 Å². The van der Waals surface area contributed by atoms with Crippen molar-refractivity contribution in [1.29, 1.82) is 0 Å². The second kappa shape index (κ2) is 5.14. The first kappa shape index (κ1) is 13.8. The number of hydrogen-bond acceptors (Lipinski definition) is 5. The molecule has 0 aliphatic carbocycles. The van der Waals surface area contributed by atoms with E-state index in [1.165, 1.54) is 6.07 Å². The quantitative estimate of drug-likeness (QED) is 0.514. The molecule has 114 valence electrons. The number of hydrogen-bond donors (Lipinski definition) is 0. The van der Waals surface area contributed by atoms with Gasteiger partial charge in [0.15, 0.2) is 5.58 Å². The minimum absolute atomic E-state index is 0.338. The lowest BCUT2D eigenvalue weighted by Gasteiger charge is -2.04. The van der Waals surface area contributed by atoms with E-state index in [9.17, 15) is 4.79 Å². The van der Waals surface area contributed by atoms with E-state index in [1.807, 2.05) is 0 Å². The van der Waals surface area contributed by atoms with Crippen LogP contribution in [0.2, 0.25) is 5.02 Å². The number of rotatable bonds is 2. The van der Waals surface area contributed by atoms with E-state index < -0.39 is 5.63 Å². The van der Waals surface area contributed by atoms with Crippen LogP contribution >= 0.6 is 11.6 Å². The first-order chi connectivity index (χ1) is 11.1. The normalized spacial score (nSPS) is 11.2. The third-order valence-corrected chi connectivity index (χ3v) is 3.77. The Kier molecular flexibility index (Phi) is 3.09. The fourth-order valence-corrected chi connectivity index (χ4v) is 2.63. The Hall–Kier alpha value is -2.79. The van der Waals surface area contributed by atoms with E-state index in [-0.39, 0.29) is 0 Å². The number of methoxy groups -OCH3 is 1. The molecule has 0 amide bonds. The Labute approximate surface area is 135 Å². The van der Waals surface area contributed by atoms with Crippen LogP contribution in [0.1, 0.15) is 0 Å². The molecule has 0 saturated carbocycles. The van der Waals surface area contributed by atoms with Crippen molar-refractivity contribution in [1.82, 2.24) is 4.98 Å². The predicted octanol–water partition coefficient (Wildman–Crippen LogP) is 4.26. The zero-order valence-electron chi connectivity index (χ0n) is 12.0. The molecule has 0 unspecified atom stereocenters. The highest BCUT2D eigenvalue weighted by Crippen LogP contribution is 2.31. The Morgan fingerprint density at radius 3 is 2.74 bits per heavy atom. The highest BCUT2D eigenvalue weighted by Gasteiger charge is 2.14. The number of benzene rings is 2. The third-order valence-electron chi connectivity index (χ3n) is 3.53. The molecular formula is C17H10ClNO4. The standard InChI is InChI=1S/C17H10ClNO4/c1-21-10-3-4-11-12(8-16(20)22-15(11)7-10)17-19-13-6-9(18)2-5-14(13)23-17/h2-8H,1H3. The number of aromatic nitrogens is 1. The lowest BCUT2D eigenvalue weighted by molar-refractivity contribution is 0.414. The molecule has 6 heteroatoms. The summed E-state index contributed by atoms with van der Waals surface area (Å²) >= 11 is 5.97. The van der Waals surface area contributed by atoms with Gasteiger partial charge in [0.1, 0.15) is 16.8 Å². The Morgan fingerprint density at radius 1 is 1.04 bits per heavy atom. The van der Waals surface area contributed by atoms with Crippen LogP contribution in [-0.4, -0.2) is 12.1 Å². The van der Waals surface area contributed by atoms with Crippen LogP contribution in [0.15, 0.2) is 56.1 Å². The Bertz CT molecular complexity index is 1100. The summed E-state index contributed by atoms with van der Waals surface area (Å²) in [5.74, 6) is 0.937. The van der Waals surface area contributed by atoms with Gasteiger partial charge in [-0.15, -0.1) is 0 Å². The van der Waals surface area contributed by atoms with E-state index in [0.717, 1.165) is 0 Å². The fraction of sp³-hybridized carbons (Fsp3) is 0.0588. The van der Waals surface area contributed by atoms with Crippen molar-refractivity contribution in [3.8, 4) is 17.2 Å². The second-order valence-corrected chi connectivity index (χ2v) is 5.41. The maximum absolute atomic E-state index is 11.8. The van der Waals surface area contributed by atoms with Gasteiger partial charge in [-0.2, -0.15) is 0 Å². The number of fused-ring (bicyclic) bond motifs is 2. The minimum Gasteiger partial charge on any atom is -0.497 e. The minimum atomic E-state index is -0.485. The smallest absolute Gasteiger partial charge is 0.337 e. The maximum atomic E-state index is 11.8. The van der Waals surface area contributed by atoms with Gasteiger partial charge in [-0.05, 0) is 30.3 Å². The van der Waals surface area contributed by atoms with Crippen LogP contribution in [0.4, 0.5) is 0 Å². The van der Waals surface area contributed by atoms with Gasteiger partial charge in [-0.25, -0.2) is 9.78 Å². The van der Waals surface area contributed by atoms with Crippen LogP contribution in [0, 0.1) is 0 Å². The zero-order valence-corrected chi connectivity index (χ0v) is 12.8. The summed E-state index contributed by atoms with van der Waals surface area (Å²) < 4.78 is 16.1. The van der Waals surface area contributed by atoms with Crippen LogP contribution in [0.25, 0.3) is 33.5 Å². The molecule has 0 bridgehead atoms. The molecule has 0 aliphatic heterocycles. The second-order valence-electron chi connectivity index (χ2n) is 4.97. The van der Waals surface area contributed by atoms with Crippen molar-refractivity contribution < 1.29 is 13.6 Å². The van der Waals surface area contributed by atoms with Crippen LogP contribution < -0.4 is 10.4 Å². The molecule has 2 aromatic carbocycles. The van der Waals surface area contributed by atoms with Gasteiger partial charge in [0.25, 0.3) is 0 Å². The van der Waals surface area contributed by atoms with Gasteiger partial charge in [0, 0.05) is 22.5 Å². The summed E-state index contributed by atoms with van der Waals surface area (Å²) in [6.07, 6.45) is 0. The molecule has 0 spiro atoms. The number of oxazole rings is 1. The summed E-state index contributed by atoms with van der Waals surface area (Å²) in [6, 6.07) is 11.8. The first-order valence-corrected chi connectivity index (χ1v) is 7.20. The van der Waals surface area contributed by atoms with E-state index in [4.69, 9.17) is 25.2 Å². The average Bonchev–Trinajstić information content (AvgIpc) is 2.96. The Morgan fingerprint density at radius 2 is 1.91 bits per heavy atom. The lowest BCUT2D eigenvalue weighted by atomic mass is 10.1. The SMILES string of the molecule is COc1ccc2c(-c3nc4cc(Cl)ccc4o3)cc(=O)oc2c1. The summed E-state index contributed by atoms with van der Waals surface area (Å²) in [5.41, 5.74) is 1.71. The van der Waals surface area contributed by atoms with Crippen LogP contribution in [-0.2, 0) is 0 Å². The molecule has 0 atom stereocenters. The molecule has 23 heavy (non-hydrogen) atoms. The van der Waals surface area contributed by atoms with Gasteiger partial charge in [-0.3, -0.25) is 0 Å². The lowest BCUT2D eigenvalue weighted by Crippen LogP contribution is -1.98. The van der Waals surface area contributed by atoms with Crippen LogP contribution in [0.3, 0.4) is 0 Å². The molecule has 0 saturated heterocycles. The number of nitrogens with zero attached hydrogens (tertiary/aromatic N) is 1. The van der Waals surface area contributed by atoms with E-state index in [2.05, 4.69) is 4.98 Å². The highest BCUT2D eigenvalue weighted by molar-refractivity contribution is 6.31. The summed E-state index contributed by atoms with van der Waals surface area (Å²) in [4.78, 5) is 16.3. The zero-order chi connectivity index (χ0) is 16.0. The Balaban J connectivity index is 2.01. The summed E-state index contributed by atoms with van der Waals surface area (Å²) in [5, 5.41) is 1.28. The molecule has 0 N–H and O–H groups in total. The molecule has 5 nitrogen and oxygen atoms in total. The molecule has 2 aromatic heterocycles. The summed E-state index contributed by atoms with van der Waals surface area (Å²) in [6.45, 7) is 0. The first-order valence-electron chi connectivity index (χ1n) is 6.82. The van der Waals surface area contributed by atoms with E-state index in [0.29, 0.717) is 44.3 Å². The molecule has 2 heterocycles. The predicted molar refractivity (Wildman–Crippen MR) is 87.0 cm³/mol. The monoisotopic (exact) mass is 327 g/mol. The van der Waals surface area contributed by atoms with Crippen molar-refractivity contribution in [3.63, 3.8) is 0 Å². The molecule has 0 radical (unpaired) electrons. The third kappa shape index (κ3) is 2.35. The highest BCUT2D eigenvalue weighted by atomic mass is 35.5. The van der Waals surface area contributed by atoms with Crippen molar-refractivity contribution >= 4 is 33.7 Å². The molecular weight excluding hydrogens is 318 g/mol. The molecule has 4 rings (SSSR count). The fourth-order valence-electron chi connectivity index (χ4n) is 2.46. The summed E-state index contributed by atoms with van der Waals surface area (Å²) in [7, 11) is 1.55. The van der Waals surface area contributed by atoms with Crippen molar-refractivity contribution in [2.24, 2.45) is 0 Å². The van der Waals surface area contributed by atoms with Crippen molar-refractivity contribution in [2.75, 3.05) is 7.11 Å². The van der Waals surface area contributed by atoms with Crippen molar-refractivity contribution in [2.45, 2.75) is 0 Å². The molecule has 0 aliphatic rings.